The zero-order valence-electron chi connectivity index (χ0n) is 6.90. The fraction of sp³-hybridized carbons (Fsp3) is 0. The Balaban J connectivity index is 0.000000845. The summed E-state index contributed by atoms with van der Waals surface area (Å²) in [7, 11) is 0. The molecule has 0 saturated heterocycles. The maximum absolute atomic E-state index is 5.35. The van der Waals surface area contributed by atoms with Crippen molar-refractivity contribution in [3.63, 3.8) is 0 Å². The Morgan fingerprint density at radius 2 is 1.85 bits per heavy atom. The van der Waals surface area contributed by atoms with E-state index in [2.05, 4.69) is 4.98 Å². The number of hydrogen-bond donors (Lipinski definition) is 0. The van der Waals surface area contributed by atoms with Crippen LogP contribution < -0.4 is 0 Å². The van der Waals surface area contributed by atoms with Crippen LogP contribution in [0, 0.1) is 6.58 Å². The molecule has 1 aromatic heterocycles. The molecule has 67 valence electrons. The molecule has 13 heavy (non-hydrogen) atoms. The molecule has 0 aliphatic rings. The third-order valence-electron chi connectivity index (χ3n) is 1.79. The van der Waals surface area contributed by atoms with Gasteiger partial charge in [-0.2, -0.15) is 0 Å². The average Bonchev–Trinajstić information content (AvgIpc) is 2.17. The van der Waals surface area contributed by atoms with Crippen molar-refractivity contribution < 1.29 is 20.1 Å². The Morgan fingerprint density at radius 1 is 1.08 bits per heavy atom. The summed E-state index contributed by atoms with van der Waals surface area (Å²) in [6.45, 7) is 5.35. The number of hydrogen-bond acceptors (Lipinski definition) is 1. The van der Waals surface area contributed by atoms with Crippen LogP contribution in [0.15, 0.2) is 36.4 Å². The van der Waals surface area contributed by atoms with E-state index in [0.29, 0.717) is 0 Å². The first kappa shape index (κ1) is 10.1. The quantitative estimate of drug-likeness (QED) is 0.724. The van der Waals surface area contributed by atoms with Crippen LogP contribution in [0.25, 0.3) is 17.0 Å². The van der Waals surface area contributed by atoms with E-state index in [1.54, 1.807) is 0 Å². The summed E-state index contributed by atoms with van der Waals surface area (Å²) in [4.78, 5) is 4.31. The molecule has 0 bridgehead atoms. The van der Waals surface area contributed by atoms with Crippen molar-refractivity contribution in [2.75, 3.05) is 0 Å². The van der Waals surface area contributed by atoms with E-state index in [4.69, 9.17) is 6.58 Å². The zero-order valence-corrected chi connectivity index (χ0v) is 9.29. The maximum atomic E-state index is 5.35. The van der Waals surface area contributed by atoms with Crippen molar-refractivity contribution in [3.05, 3.63) is 48.7 Å². The van der Waals surface area contributed by atoms with Gasteiger partial charge >= 0.3 is 0 Å². The van der Waals surface area contributed by atoms with Gasteiger partial charge < -0.3 is 4.98 Å². The van der Waals surface area contributed by atoms with Crippen LogP contribution >= 0.6 is 0 Å². The number of para-hydroxylation sites is 1. The SMILES string of the molecule is [CH-]=Cc1ccc2ccccc2n1.[Ir]. The maximum Gasteiger partial charge on any atom is 0.0497 e. The molecule has 0 unspecified atom stereocenters. The summed E-state index contributed by atoms with van der Waals surface area (Å²) < 4.78 is 0. The molecule has 0 spiro atoms. The Hall–Kier alpha value is -0.981. The van der Waals surface area contributed by atoms with E-state index in [0.717, 1.165) is 16.6 Å². The van der Waals surface area contributed by atoms with Gasteiger partial charge in [-0.15, -0.1) is 6.07 Å². The predicted molar refractivity (Wildman–Crippen MR) is 50.5 cm³/mol. The molecule has 0 atom stereocenters. The molecule has 0 fully saturated rings. The van der Waals surface area contributed by atoms with Gasteiger partial charge in [0.25, 0.3) is 0 Å². The molecule has 0 aliphatic carbocycles. The molecular weight excluding hydrogens is 338 g/mol. The first-order chi connectivity index (χ1) is 5.90. The minimum Gasteiger partial charge on any atom is -0.344 e. The van der Waals surface area contributed by atoms with Gasteiger partial charge in [-0.1, -0.05) is 30.0 Å². The minimum absolute atomic E-state index is 0. The van der Waals surface area contributed by atoms with Crippen molar-refractivity contribution in [1.29, 1.82) is 0 Å². The topological polar surface area (TPSA) is 12.9 Å². The molecule has 1 nitrogen and oxygen atoms in total. The molecule has 1 heterocycles. The molecule has 2 aromatic rings. The molecule has 0 aliphatic heterocycles. The number of aromatic nitrogens is 1. The minimum atomic E-state index is 0. The normalized spacial score (nSPS) is 9.23. The molecule has 0 amide bonds. The first-order valence-corrected chi connectivity index (χ1v) is 3.81. The van der Waals surface area contributed by atoms with Crippen molar-refractivity contribution >= 4 is 17.0 Å². The van der Waals surface area contributed by atoms with Gasteiger partial charge in [-0.25, -0.2) is 6.08 Å². The third kappa shape index (κ3) is 2.03. The van der Waals surface area contributed by atoms with Crippen LogP contribution in [-0.2, 0) is 20.1 Å². The molecule has 2 heteroatoms. The van der Waals surface area contributed by atoms with Gasteiger partial charge in [0, 0.05) is 25.6 Å². The second kappa shape index (κ2) is 4.31. The van der Waals surface area contributed by atoms with Gasteiger partial charge in [0.2, 0.25) is 0 Å². The second-order valence-corrected chi connectivity index (χ2v) is 2.60. The summed E-state index contributed by atoms with van der Waals surface area (Å²) >= 11 is 0. The Bertz CT molecular complexity index is 423. The average molecular weight is 346 g/mol. The van der Waals surface area contributed by atoms with Gasteiger partial charge in [-0.3, -0.25) is 6.58 Å². The van der Waals surface area contributed by atoms with Crippen LogP contribution in [-0.4, -0.2) is 4.98 Å². The van der Waals surface area contributed by atoms with Crippen molar-refractivity contribution in [1.82, 2.24) is 4.98 Å². The van der Waals surface area contributed by atoms with E-state index in [1.165, 1.54) is 6.08 Å². The molecule has 1 aromatic carbocycles. The molecule has 0 N–H and O–H groups in total. The molecular formula is C11H8IrN-. The molecule has 2 rings (SSSR count). The Morgan fingerprint density at radius 3 is 2.62 bits per heavy atom. The number of benzene rings is 1. The number of rotatable bonds is 1. The fourth-order valence-electron chi connectivity index (χ4n) is 1.17. The zero-order chi connectivity index (χ0) is 8.39. The summed E-state index contributed by atoms with van der Waals surface area (Å²) in [5.41, 5.74) is 1.80. The predicted octanol–water partition coefficient (Wildman–Crippen LogP) is 2.68. The third-order valence-corrected chi connectivity index (χ3v) is 1.79. The monoisotopic (exact) mass is 347 g/mol. The number of fused-ring (bicyclic) bond motifs is 1. The first-order valence-electron chi connectivity index (χ1n) is 3.81. The summed E-state index contributed by atoms with van der Waals surface area (Å²) in [5, 5.41) is 1.14. The van der Waals surface area contributed by atoms with Crippen LogP contribution in [0.1, 0.15) is 5.69 Å². The van der Waals surface area contributed by atoms with Gasteiger partial charge in [0.15, 0.2) is 0 Å². The van der Waals surface area contributed by atoms with E-state index in [9.17, 15) is 0 Å². The van der Waals surface area contributed by atoms with Gasteiger partial charge in [-0.05, 0) is 11.5 Å². The summed E-state index contributed by atoms with van der Waals surface area (Å²) in [5.74, 6) is 0. The van der Waals surface area contributed by atoms with Crippen molar-refractivity contribution in [2.45, 2.75) is 0 Å². The largest absolute Gasteiger partial charge is 0.344 e. The smallest absolute Gasteiger partial charge is 0.0497 e. The van der Waals surface area contributed by atoms with Crippen LogP contribution in [0.4, 0.5) is 0 Å². The standard InChI is InChI=1S/C11H8N.Ir/c1-2-10-8-7-9-5-3-4-6-11(9)12-10;/h1-8H;/q-1;. The number of nitrogens with zero attached hydrogens (tertiary/aromatic N) is 1. The van der Waals surface area contributed by atoms with E-state index in [-0.39, 0.29) is 20.1 Å². The van der Waals surface area contributed by atoms with Crippen molar-refractivity contribution in [2.24, 2.45) is 0 Å². The Kier molecular flexibility index (Phi) is 3.35. The van der Waals surface area contributed by atoms with Crippen molar-refractivity contribution in [3.8, 4) is 0 Å². The van der Waals surface area contributed by atoms with Crippen LogP contribution in [0.3, 0.4) is 0 Å². The summed E-state index contributed by atoms with van der Waals surface area (Å²) in [6.07, 6.45) is 1.51. The van der Waals surface area contributed by atoms with E-state index in [1.807, 2.05) is 36.4 Å². The summed E-state index contributed by atoms with van der Waals surface area (Å²) in [6, 6.07) is 11.9. The molecule has 1 radical (unpaired) electrons. The van der Waals surface area contributed by atoms with Gasteiger partial charge in [0.05, 0.1) is 0 Å². The molecule has 0 saturated carbocycles. The van der Waals surface area contributed by atoms with Crippen LogP contribution in [0.5, 0.6) is 0 Å². The fourth-order valence-corrected chi connectivity index (χ4v) is 1.17. The van der Waals surface area contributed by atoms with E-state index < -0.39 is 0 Å². The second-order valence-electron chi connectivity index (χ2n) is 2.60. The van der Waals surface area contributed by atoms with E-state index >= 15 is 0 Å². The Labute approximate surface area is 90.9 Å². The number of pyridine rings is 1. The van der Waals surface area contributed by atoms with Gasteiger partial charge in [0.1, 0.15) is 0 Å². The van der Waals surface area contributed by atoms with Crippen LogP contribution in [0.2, 0.25) is 0 Å².